The summed E-state index contributed by atoms with van der Waals surface area (Å²) in [7, 11) is 0. The van der Waals surface area contributed by atoms with Gasteiger partial charge in [0.2, 0.25) is 5.25 Å². The van der Waals surface area contributed by atoms with Crippen molar-refractivity contribution in [2.75, 3.05) is 13.2 Å². The molecule has 1 heterocycles. The number of H-pyrrole nitrogens is 1. The molecule has 0 aliphatic carbocycles. The smallest absolute Gasteiger partial charge is 0.433 e. The van der Waals surface area contributed by atoms with E-state index in [1.807, 2.05) is 4.98 Å². The molecule has 0 saturated carbocycles. The Hall–Kier alpha value is -2.04. The number of hydrogen-bond acceptors (Lipinski definition) is 7. The standard InChI is InChI=1S/C12H13F3N2O5S/c1-3-21-9(19)8(10(20)22-4-2)23-11-16-6(12(13,14)15)5-7(18)17-11/h5,8H,3-4H2,1-2H3,(H,16,17,18). The van der Waals surface area contributed by atoms with E-state index in [9.17, 15) is 27.6 Å². The van der Waals surface area contributed by atoms with Gasteiger partial charge in [0.25, 0.3) is 5.56 Å². The van der Waals surface area contributed by atoms with Crippen molar-refractivity contribution in [1.82, 2.24) is 9.97 Å². The molecular weight excluding hydrogens is 341 g/mol. The van der Waals surface area contributed by atoms with Crippen molar-refractivity contribution in [1.29, 1.82) is 0 Å². The average molecular weight is 354 g/mol. The van der Waals surface area contributed by atoms with Crippen LogP contribution in [0.2, 0.25) is 0 Å². The van der Waals surface area contributed by atoms with Crippen molar-refractivity contribution >= 4 is 23.7 Å². The van der Waals surface area contributed by atoms with Crippen molar-refractivity contribution in [3.8, 4) is 0 Å². The zero-order valence-corrected chi connectivity index (χ0v) is 12.9. The predicted molar refractivity (Wildman–Crippen MR) is 72.8 cm³/mol. The van der Waals surface area contributed by atoms with Crippen LogP contribution in [0.15, 0.2) is 16.0 Å². The second-order valence-corrected chi connectivity index (χ2v) is 5.03. The molecule has 0 atom stereocenters. The minimum Gasteiger partial charge on any atom is -0.465 e. The number of halogens is 3. The zero-order valence-electron chi connectivity index (χ0n) is 12.1. The van der Waals surface area contributed by atoms with E-state index in [2.05, 4.69) is 14.5 Å². The summed E-state index contributed by atoms with van der Waals surface area (Å²) < 4.78 is 47.2. The van der Waals surface area contributed by atoms with Gasteiger partial charge in [-0.1, -0.05) is 11.8 Å². The largest absolute Gasteiger partial charge is 0.465 e. The Bertz CT molecular complexity index is 614. The molecule has 11 heteroatoms. The lowest BCUT2D eigenvalue weighted by molar-refractivity contribution is -0.152. The number of aromatic amines is 1. The highest BCUT2D eigenvalue weighted by Gasteiger charge is 2.36. The summed E-state index contributed by atoms with van der Waals surface area (Å²) in [6.45, 7) is 2.91. The number of nitrogens with zero attached hydrogens (tertiary/aromatic N) is 1. The van der Waals surface area contributed by atoms with Gasteiger partial charge < -0.3 is 14.5 Å². The molecule has 0 aliphatic rings. The molecule has 1 rings (SSSR count). The number of ether oxygens (including phenoxy) is 2. The minimum atomic E-state index is -4.84. The topological polar surface area (TPSA) is 98.4 Å². The molecule has 0 amide bonds. The summed E-state index contributed by atoms with van der Waals surface area (Å²) >= 11 is 0.314. The lowest BCUT2D eigenvalue weighted by Crippen LogP contribution is -2.31. The van der Waals surface area contributed by atoms with E-state index in [0.29, 0.717) is 11.8 Å². The van der Waals surface area contributed by atoms with Gasteiger partial charge in [0.15, 0.2) is 10.9 Å². The molecule has 0 radical (unpaired) electrons. The average Bonchev–Trinajstić information content (AvgIpc) is 2.43. The maximum absolute atomic E-state index is 12.6. The maximum atomic E-state index is 12.6. The fourth-order valence-electron chi connectivity index (χ4n) is 1.38. The van der Waals surface area contributed by atoms with Crippen LogP contribution in [0, 0.1) is 0 Å². The fourth-order valence-corrected chi connectivity index (χ4v) is 2.24. The SMILES string of the molecule is CCOC(=O)C(Sc1nc(C(F)(F)F)cc(=O)[nH]1)C(=O)OCC. The predicted octanol–water partition coefficient (Wildman–Crippen LogP) is 1.38. The Labute approximate surface area is 132 Å². The summed E-state index contributed by atoms with van der Waals surface area (Å²) in [5.41, 5.74) is -2.50. The molecule has 1 N–H and O–H groups in total. The number of thioether (sulfide) groups is 1. The first-order valence-electron chi connectivity index (χ1n) is 6.37. The third-order valence-corrected chi connectivity index (χ3v) is 3.28. The van der Waals surface area contributed by atoms with Gasteiger partial charge in [-0.05, 0) is 13.8 Å². The number of carbonyl (C=O) groups excluding carboxylic acids is 2. The van der Waals surface area contributed by atoms with Gasteiger partial charge in [0.1, 0.15) is 0 Å². The van der Waals surface area contributed by atoms with Gasteiger partial charge in [-0.25, -0.2) is 4.98 Å². The van der Waals surface area contributed by atoms with E-state index in [1.54, 1.807) is 0 Å². The van der Waals surface area contributed by atoms with E-state index >= 15 is 0 Å². The molecule has 1 aromatic rings. The Morgan fingerprint density at radius 3 is 2.22 bits per heavy atom. The second kappa shape index (κ2) is 7.99. The normalized spacial score (nSPS) is 11.4. The van der Waals surface area contributed by atoms with Gasteiger partial charge in [-0.3, -0.25) is 14.4 Å². The number of rotatable bonds is 6. The Morgan fingerprint density at radius 1 is 1.26 bits per heavy atom. The van der Waals surface area contributed by atoms with Crippen molar-refractivity contribution < 1.29 is 32.2 Å². The first-order valence-corrected chi connectivity index (χ1v) is 7.25. The summed E-state index contributed by atoms with van der Waals surface area (Å²) in [6.07, 6.45) is -4.84. The van der Waals surface area contributed by atoms with Crippen LogP contribution >= 0.6 is 11.8 Å². The minimum absolute atomic E-state index is 0.0398. The van der Waals surface area contributed by atoms with Crippen LogP contribution in [-0.4, -0.2) is 40.4 Å². The van der Waals surface area contributed by atoms with Crippen LogP contribution in [-0.2, 0) is 25.2 Å². The van der Waals surface area contributed by atoms with Crippen LogP contribution in [0.5, 0.6) is 0 Å². The molecule has 0 unspecified atom stereocenters. The Balaban J connectivity index is 3.12. The van der Waals surface area contributed by atoms with Crippen LogP contribution in [0.4, 0.5) is 13.2 Å². The zero-order chi connectivity index (χ0) is 17.6. The number of aromatic nitrogens is 2. The molecule has 0 aromatic carbocycles. The molecule has 0 aliphatic heterocycles. The molecular formula is C12H13F3N2O5S. The van der Waals surface area contributed by atoms with E-state index in [-0.39, 0.29) is 19.3 Å². The summed E-state index contributed by atoms with van der Waals surface area (Å²) in [5.74, 6) is -2.01. The lowest BCUT2D eigenvalue weighted by Gasteiger charge is -2.14. The van der Waals surface area contributed by atoms with Gasteiger partial charge >= 0.3 is 18.1 Å². The lowest BCUT2D eigenvalue weighted by atomic mass is 10.4. The molecule has 128 valence electrons. The van der Waals surface area contributed by atoms with Crippen molar-refractivity contribution in [2.24, 2.45) is 0 Å². The van der Waals surface area contributed by atoms with Gasteiger partial charge in [-0.15, -0.1) is 0 Å². The summed E-state index contributed by atoms with van der Waals surface area (Å²) in [4.78, 5) is 40.0. The highest BCUT2D eigenvalue weighted by Crippen LogP contribution is 2.29. The molecule has 0 fully saturated rings. The number of esters is 2. The number of carbonyl (C=O) groups is 2. The van der Waals surface area contributed by atoms with Crippen molar-refractivity contribution in [2.45, 2.75) is 30.4 Å². The fraction of sp³-hybridized carbons (Fsp3) is 0.500. The highest BCUT2D eigenvalue weighted by atomic mass is 32.2. The van der Waals surface area contributed by atoms with Crippen LogP contribution in [0.1, 0.15) is 19.5 Å². The highest BCUT2D eigenvalue weighted by molar-refractivity contribution is 8.01. The van der Waals surface area contributed by atoms with Gasteiger partial charge in [0, 0.05) is 6.07 Å². The van der Waals surface area contributed by atoms with E-state index < -0.39 is 39.8 Å². The third-order valence-electron chi connectivity index (χ3n) is 2.24. The van der Waals surface area contributed by atoms with Crippen molar-refractivity contribution in [3.63, 3.8) is 0 Å². The van der Waals surface area contributed by atoms with E-state index in [4.69, 9.17) is 0 Å². The van der Waals surface area contributed by atoms with Crippen LogP contribution < -0.4 is 5.56 Å². The molecule has 7 nitrogen and oxygen atoms in total. The van der Waals surface area contributed by atoms with Gasteiger partial charge in [0.05, 0.1) is 13.2 Å². The Kier molecular flexibility index (Phi) is 6.61. The Morgan fingerprint density at radius 2 is 1.78 bits per heavy atom. The van der Waals surface area contributed by atoms with Crippen molar-refractivity contribution in [3.05, 3.63) is 22.1 Å². The number of alkyl halides is 3. The number of nitrogens with one attached hydrogen (secondary N) is 1. The quantitative estimate of drug-likeness (QED) is 0.357. The third kappa shape index (κ3) is 5.58. The monoisotopic (exact) mass is 354 g/mol. The first-order chi connectivity index (χ1) is 10.7. The second-order valence-electron chi connectivity index (χ2n) is 3.94. The molecule has 0 spiro atoms. The van der Waals surface area contributed by atoms with Crippen LogP contribution in [0.25, 0.3) is 0 Å². The molecule has 0 saturated heterocycles. The first kappa shape index (κ1) is 19.0. The van der Waals surface area contributed by atoms with E-state index in [0.717, 1.165) is 0 Å². The number of hydrogen-bond donors (Lipinski definition) is 1. The maximum Gasteiger partial charge on any atom is 0.433 e. The molecule has 0 bridgehead atoms. The molecule has 1 aromatic heterocycles. The summed E-state index contributed by atoms with van der Waals surface area (Å²) in [5, 5.41) is -2.14. The molecule has 23 heavy (non-hydrogen) atoms. The summed E-state index contributed by atoms with van der Waals surface area (Å²) in [6, 6.07) is 0.272. The van der Waals surface area contributed by atoms with Crippen LogP contribution in [0.3, 0.4) is 0 Å². The van der Waals surface area contributed by atoms with Gasteiger partial charge in [-0.2, -0.15) is 13.2 Å². The van der Waals surface area contributed by atoms with E-state index in [1.165, 1.54) is 13.8 Å².